The molecule has 2 heteroatoms. The van der Waals surface area contributed by atoms with Crippen LogP contribution in [-0.4, -0.2) is 17.0 Å². The van der Waals surface area contributed by atoms with E-state index in [0.29, 0.717) is 6.42 Å². The Hall–Kier alpha value is -0.630. The minimum absolute atomic E-state index is 0.120. The number of ketones is 1. The molecule has 1 rings (SSSR count). The molecule has 13 heavy (non-hydrogen) atoms. The van der Waals surface area contributed by atoms with Gasteiger partial charge in [-0.1, -0.05) is 25.0 Å². The number of Topliss-reactive ketones (excluding diaryl/α,β-unsaturated/α-hetero) is 1. The second kappa shape index (κ2) is 4.56. The van der Waals surface area contributed by atoms with E-state index in [1.54, 1.807) is 0 Å². The summed E-state index contributed by atoms with van der Waals surface area (Å²) < 4.78 is 0. The summed E-state index contributed by atoms with van der Waals surface area (Å²) in [7, 11) is 0. The number of hydrogen-bond donors (Lipinski definition) is 1. The Morgan fingerprint density at radius 2 is 2.08 bits per heavy atom. The van der Waals surface area contributed by atoms with Crippen molar-refractivity contribution in [1.29, 1.82) is 0 Å². The summed E-state index contributed by atoms with van der Waals surface area (Å²) in [6.07, 6.45) is 3.80. The SMILES string of the molecule is C=C(C)CC(=O)C1CCCCC1O. The van der Waals surface area contributed by atoms with Crippen LogP contribution in [0.5, 0.6) is 0 Å². The van der Waals surface area contributed by atoms with Crippen LogP contribution < -0.4 is 0 Å². The smallest absolute Gasteiger partial charge is 0.142 e. The molecule has 0 spiro atoms. The summed E-state index contributed by atoms with van der Waals surface area (Å²) in [5.74, 6) is 0.0464. The van der Waals surface area contributed by atoms with Crippen LogP contribution in [0.4, 0.5) is 0 Å². The van der Waals surface area contributed by atoms with Crippen molar-refractivity contribution in [2.45, 2.75) is 45.1 Å². The van der Waals surface area contributed by atoms with Crippen LogP contribution in [0.2, 0.25) is 0 Å². The highest BCUT2D eigenvalue weighted by Crippen LogP contribution is 2.26. The zero-order valence-corrected chi connectivity index (χ0v) is 8.25. The van der Waals surface area contributed by atoms with E-state index in [-0.39, 0.29) is 11.7 Å². The van der Waals surface area contributed by atoms with Gasteiger partial charge in [0.25, 0.3) is 0 Å². The van der Waals surface area contributed by atoms with E-state index in [9.17, 15) is 9.90 Å². The van der Waals surface area contributed by atoms with E-state index in [2.05, 4.69) is 6.58 Å². The molecule has 1 fully saturated rings. The first-order valence-corrected chi connectivity index (χ1v) is 4.96. The van der Waals surface area contributed by atoms with Crippen molar-refractivity contribution in [3.8, 4) is 0 Å². The highest BCUT2D eigenvalue weighted by atomic mass is 16.3. The average Bonchev–Trinajstić information content (AvgIpc) is 2.03. The van der Waals surface area contributed by atoms with Crippen LogP contribution in [0, 0.1) is 5.92 Å². The van der Waals surface area contributed by atoms with Crippen LogP contribution in [-0.2, 0) is 4.79 Å². The minimum Gasteiger partial charge on any atom is -0.392 e. The van der Waals surface area contributed by atoms with E-state index in [0.717, 1.165) is 31.3 Å². The minimum atomic E-state index is -0.402. The number of aliphatic hydroxyl groups excluding tert-OH is 1. The number of allylic oxidation sites excluding steroid dienone is 1. The lowest BCUT2D eigenvalue weighted by Crippen LogP contribution is -2.31. The monoisotopic (exact) mass is 182 g/mol. The van der Waals surface area contributed by atoms with Gasteiger partial charge in [0, 0.05) is 12.3 Å². The third kappa shape index (κ3) is 2.96. The van der Waals surface area contributed by atoms with Gasteiger partial charge >= 0.3 is 0 Å². The van der Waals surface area contributed by atoms with Crippen molar-refractivity contribution in [1.82, 2.24) is 0 Å². The Bertz CT molecular complexity index is 208. The molecule has 2 atom stereocenters. The van der Waals surface area contributed by atoms with Gasteiger partial charge in [0.05, 0.1) is 6.10 Å². The van der Waals surface area contributed by atoms with E-state index in [1.807, 2.05) is 6.92 Å². The summed E-state index contributed by atoms with van der Waals surface area (Å²) in [6.45, 7) is 5.57. The van der Waals surface area contributed by atoms with Crippen molar-refractivity contribution in [2.24, 2.45) is 5.92 Å². The first-order chi connectivity index (χ1) is 6.11. The molecule has 1 aliphatic rings. The molecule has 74 valence electrons. The van der Waals surface area contributed by atoms with Crippen molar-refractivity contribution < 1.29 is 9.90 Å². The third-order valence-electron chi connectivity index (χ3n) is 2.62. The van der Waals surface area contributed by atoms with Gasteiger partial charge in [-0.2, -0.15) is 0 Å². The highest BCUT2D eigenvalue weighted by Gasteiger charge is 2.28. The number of rotatable bonds is 3. The van der Waals surface area contributed by atoms with Gasteiger partial charge in [0.1, 0.15) is 5.78 Å². The summed E-state index contributed by atoms with van der Waals surface area (Å²) in [5, 5.41) is 9.60. The lowest BCUT2D eigenvalue weighted by Gasteiger charge is -2.26. The molecule has 0 bridgehead atoms. The molecule has 1 aliphatic carbocycles. The van der Waals surface area contributed by atoms with Crippen molar-refractivity contribution in [3.05, 3.63) is 12.2 Å². The number of carbonyl (C=O) groups excluding carboxylic acids is 1. The Morgan fingerprint density at radius 1 is 1.46 bits per heavy atom. The molecule has 0 aliphatic heterocycles. The maximum atomic E-state index is 11.6. The molecular formula is C11H18O2. The summed E-state index contributed by atoms with van der Waals surface area (Å²) in [5.41, 5.74) is 0.891. The van der Waals surface area contributed by atoms with Crippen molar-refractivity contribution >= 4 is 5.78 Å². The quantitative estimate of drug-likeness (QED) is 0.678. The van der Waals surface area contributed by atoms with Crippen LogP contribution in [0.3, 0.4) is 0 Å². The molecule has 1 N–H and O–H groups in total. The van der Waals surface area contributed by atoms with Gasteiger partial charge in [-0.25, -0.2) is 0 Å². The lowest BCUT2D eigenvalue weighted by atomic mass is 9.82. The molecular weight excluding hydrogens is 164 g/mol. The van der Waals surface area contributed by atoms with E-state index < -0.39 is 6.10 Å². The molecule has 0 aromatic heterocycles. The van der Waals surface area contributed by atoms with Crippen LogP contribution in [0.15, 0.2) is 12.2 Å². The lowest BCUT2D eigenvalue weighted by molar-refractivity contribution is -0.127. The number of carbonyl (C=O) groups is 1. The molecule has 2 unspecified atom stereocenters. The summed E-state index contributed by atoms with van der Waals surface area (Å²) in [6, 6.07) is 0. The molecule has 2 nitrogen and oxygen atoms in total. The zero-order valence-electron chi connectivity index (χ0n) is 8.25. The molecule has 0 amide bonds. The largest absolute Gasteiger partial charge is 0.392 e. The highest BCUT2D eigenvalue weighted by molar-refractivity contribution is 5.83. The Morgan fingerprint density at radius 3 is 2.62 bits per heavy atom. The number of aliphatic hydroxyl groups is 1. The Balaban J connectivity index is 2.48. The molecule has 0 aromatic carbocycles. The maximum Gasteiger partial charge on any atom is 0.142 e. The van der Waals surface area contributed by atoms with Gasteiger partial charge in [0.2, 0.25) is 0 Å². The fourth-order valence-electron chi connectivity index (χ4n) is 1.92. The molecule has 1 saturated carbocycles. The van der Waals surface area contributed by atoms with Gasteiger partial charge in [-0.05, 0) is 19.8 Å². The van der Waals surface area contributed by atoms with Gasteiger partial charge in [-0.3, -0.25) is 4.79 Å². The predicted molar refractivity (Wildman–Crippen MR) is 52.4 cm³/mol. The fraction of sp³-hybridized carbons (Fsp3) is 0.727. The molecule has 0 saturated heterocycles. The van der Waals surface area contributed by atoms with Gasteiger partial charge in [0.15, 0.2) is 0 Å². The second-order valence-corrected chi connectivity index (χ2v) is 4.06. The van der Waals surface area contributed by atoms with Crippen LogP contribution in [0.1, 0.15) is 39.0 Å². The van der Waals surface area contributed by atoms with Crippen LogP contribution in [0.25, 0.3) is 0 Å². The zero-order chi connectivity index (χ0) is 9.84. The Labute approximate surface area is 79.6 Å². The Kier molecular flexibility index (Phi) is 3.67. The topological polar surface area (TPSA) is 37.3 Å². The first-order valence-electron chi connectivity index (χ1n) is 4.96. The summed E-state index contributed by atoms with van der Waals surface area (Å²) >= 11 is 0. The first kappa shape index (κ1) is 10.5. The van der Waals surface area contributed by atoms with E-state index in [1.165, 1.54) is 0 Å². The van der Waals surface area contributed by atoms with Gasteiger partial charge in [-0.15, -0.1) is 0 Å². The van der Waals surface area contributed by atoms with E-state index in [4.69, 9.17) is 0 Å². The summed E-state index contributed by atoms with van der Waals surface area (Å²) in [4.78, 5) is 11.6. The van der Waals surface area contributed by atoms with Crippen LogP contribution >= 0.6 is 0 Å². The fourth-order valence-corrected chi connectivity index (χ4v) is 1.92. The predicted octanol–water partition coefficient (Wildman–Crippen LogP) is 2.07. The third-order valence-corrected chi connectivity index (χ3v) is 2.62. The molecule has 0 aromatic rings. The average molecular weight is 182 g/mol. The standard InChI is InChI=1S/C11H18O2/c1-8(2)7-11(13)9-5-3-4-6-10(9)12/h9-10,12H,1,3-7H2,2H3. The normalized spacial score (nSPS) is 28.5. The molecule has 0 radical (unpaired) electrons. The number of hydrogen-bond acceptors (Lipinski definition) is 2. The molecule has 0 heterocycles. The van der Waals surface area contributed by atoms with E-state index >= 15 is 0 Å². The van der Waals surface area contributed by atoms with Gasteiger partial charge < -0.3 is 5.11 Å². The van der Waals surface area contributed by atoms with Crippen molar-refractivity contribution in [3.63, 3.8) is 0 Å². The van der Waals surface area contributed by atoms with Crippen molar-refractivity contribution in [2.75, 3.05) is 0 Å². The second-order valence-electron chi connectivity index (χ2n) is 4.06. The maximum absolute atomic E-state index is 11.6.